The van der Waals surface area contributed by atoms with E-state index in [1.165, 1.54) is 18.1 Å². The molecule has 5 heteroatoms. The molecule has 0 aromatic heterocycles. The van der Waals surface area contributed by atoms with E-state index in [2.05, 4.69) is 53.7 Å². The number of allylic oxidation sites excluding steroid dienone is 4. The zero-order valence-corrected chi connectivity index (χ0v) is 24.2. The van der Waals surface area contributed by atoms with Crippen LogP contribution in [0.25, 0.3) is 0 Å². The van der Waals surface area contributed by atoms with Gasteiger partial charge >= 0.3 is 11.9 Å². The second-order valence-corrected chi connectivity index (χ2v) is 13.8. The van der Waals surface area contributed by atoms with Crippen molar-refractivity contribution in [3.63, 3.8) is 0 Å². The third-order valence-corrected chi connectivity index (χ3v) is 11.7. The fraction of sp³-hybridized carbons (Fsp3) is 0.750. The van der Waals surface area contributed by atoms with Crippen LogP contribution in [0.15, 0.2) is 34.9 Å². The van der Waals surface area contributed by atoms with Gasteiger partial charge in [-0.15, -0.1) is 0 Å². The van der Waals surface area contributed by atoms with Crippen molar-refractivity contribution in [2.45, 2.75) is 113 Å². The van der Waals surface area contributed by atoms with E-state index in [1.807, 2.05) is 6.08 Å². The van der Waals surface area contributed by atoms with E-state index < -0.39 is 12.1 Å². The number of carboxylic acid groups (broad SMARTS) is 1. The molecule has 0 heterocycles. The highest BCUT2D eigenvalue weighted by molar-refractivity contribution is 5.85. The topological polar surface area (TPSA) is 83.8 Å². The number of carbonyl (C=O) groups excluding carboxylic acids is 1. The van der Waals surface area contributed by atoms with Gasteiger partial charge in [-0.1, -0.05) is 59.8 Å². The maximum Gasteiger partial charge on any atom is 0.330 e. The van der Waals surface area contributed by atoms with Crippen LogP contribution in [0.1, 0.15) is 100 Å². The van der Waals surface area contributed by atoms with Gasteiger partial charge in [0.15, 0.2) is 0 Å². The van der Waals surface area contributed by atoms with Gasteiger partial charge in [-0.25, -0.2) is 4.79 Å². The van der Waals surface area contributed by atoms with Crippen molar-refractivity contribution in [2.75, 3.05) is 0 Å². The van der Waals surface area contributed by atoms with Crippen LogP contribution in [0.5, 0.6) is 0 Å². The average Bonchev–Trinajstić information content (AvgIpc) is 3.02. The first-order valence-electron chi connectivity index (χ1n) is 14.3. The maximum atomic E-state index is 11.8. The number of aliphatic hydroxyl groups is 1. The van der Waals surface area contributed by atoms with E-state index in [0.717, 1.165) is 44.9 Å². The molecule has 0 amide bonds. The summed E-state index contributed by atoms with van der Waals surface area (Å²) >= 11 is 0. The molecule has 2 saturated carbocycles. The molecule has 0 spiro atoms. The maximum absolute atomic E-state index is 11.8. The molecule has 5 nitrogen and oxygen atoms in total. The van der Waals surface area contributed by atoms with Crippen molar-refractivity contribution >= 4 is 11.9 Å². The Balaban J connectivity index is 1.64. The van der Waals surface area contributed by atoms with E-state index in [1.54, 1.807) is 6.92 Å². The van der Waals surface area contributed by atoms with Gasteiger partial charge in [-0.3, -0.25) is 4.79 Å². The lowest BCUT2D eigenvalue weighted by molar-refractivity contribution is -0.165. The van der Waals surface area contributed by atoms with Gasteiger partial charge in [0.1, 0.15) is 6.10 Å². The number of rotatable bonds is 6. The quantitative estimate of drug-likeness (QED) is 0.300. The first-order valence-corrected chi connectivity index (χ1v) is 14.3. The second kappa shape index (κ2) is 9.39. The summed E-state index contributed by atoms with van der Waals surface area (Å²) in [5.74, 6) is 0.0798. The Hall–Kier alpha value is -1.88. The van der Waals surface area contributed by atoms with Crippen molar-refractivity contribution in [1.29, 1.82) is 0 Å². The Morgan fingerprint density at radius 1 is 1.14 bits per heavy atom. The van der Waals surface area contributed by atoms with E-state index in [-0.39, 0.29) is 33.7 Å². The van der Waals surface area contributed by atoms with Crippen LogP contribution in [-0.4, -0.2) is 34.4 Å². The Morgan fingerprint density at radius 3 is 2.43 bits per heavy atom. The highest BCUT2D eigenvalue weighted by Gasteiger charge is 2.66. The molecule has 2 fully saturated rings. The molecule has 4 aliphatic carbocycles. The summed E-state index contributed by atoms with van der Waals surface area (Å²) in [5, 5.41) is 20.9. The van der Waals surface area contributed by atoms with Crippen LogP contribution in [-0.2, 0) is 14.3 Å². The molecule has 0 unspecified atom stereocenters. The molecule has 8 atom stereocenters. The van der Waals surface area contributed by atoms with Crippen molar-refractivity contribution in [3.05, 3.63) is 34.9 Å². The van der Waals surface area contributed by atoms with Crippen LogP contribution >= 0.6 is 0 Å². The summed E-state index contributed by atoms with van der Waals surface area (Å²) in [5.41, 5.74) is 2.68. The Morgan fingerprint density at radius 2 is 1.81 bits per heavy atom. The number of carbonyl (C=O) groups is 2. The summed E-state index contributed by atoms with van der Waals surface area (Å²) in [4.78, 5) is 23.0. The summed E-state index contributed by atoms with van der Waals surface area (Å²) in [6.45, 7) is 17.1. The van der Waals surface area contributed by atoms with E-state index >= 15 is 0 Å². The highest BCUT2D eigenvalue weighted by atomic mass is 16.5. The number of esters is 1. The molecule has 0 aliphatic heterocycles. The molecule has 37 heavy (non-hydrogen) atoms. The molecule has 206 valence electrons. The smallest absolute Gasteiger partial charge is 0.330 e. The molecule has 0 aromatic carbocycles. The largest absolute Gasteiger partial charge is 0.478 e. The van der Waals surface area contributed by atoms with Crippen LogP contribution in [0.4, 0.5) is 0 Å². The van der Waals surface area contributed by atoms with Crippen molar-refractivity contribution in [1.82, 2.24) is 0 Å². The molecule has 0 bridgehead atoms. The average molecular weight is 513 g/mol. The van der Waals surface area contributed by atoms with Crippen LogP contribution in [0.2, 0.25) is 0 Å². The third kappa shape index (κ3) is 4.15. The minimum atomic E-state index is -0.852. The number of fused-ring (bicyclic) bond motifs is 5. The summed E-state index contributed by atoms with van der Waals surface area (Å²) < 4.78 is 5.80. The number of ether oxygens (including phenoxy) is 1. The Labute approximate surface area is 223 Å². The number of hydrogen-bond acceptors (Lipinski definition) is 4. The molecule has 2 N–H and O–H groups in total. The van der Waals surface area contributed by atoms with Gasteiger partial charge in [0.2, 0.25) is 0 Å². The van der Waals surface area contributed by atoms with Gasteiger partial charge in [0, 0.05) is 23.3 Å². The molecule has 0 saturated heterocycles. The second-order valence-electron chi connectivity index (χ2n) is 13.8. The van der Waals surface area contributed by atoms with Crippen molar-refractivity contribution in [2.24, 2.45) is 39.4 Å². The first kappa shape index (κ1) is 28.1. The third-order valence-electron chi connectivity index (χ3n) is 11.7. The fourth-order valence-corrected chi connectivity index (χ4v) is 9.19. The van der Waals surface area contributed by atoms with Gasteiger partial charge in [0.25, 0.3) is 0 Å². The molecule has 4 rings (SSSR count). The zero-order valence-electron chi connectivity index (χ0n) is 24.2. The van der Waals surface area contributed by atoms with E-state index in [0.29, 0.717) is 23.3 Å². The number of aliphatic carboxylic acids is 1. The van der Waals surface area contributed by atoms with Crippen LogP contribution in [0.3, 0.4) is 0 Å². The van der Waals surface area contributed by atoms with Crippen molar-refractivity contribution in [3.8, 4) is 0 Å². The predicted molar refractivity (Wildman–Crippen MR) is 146 cm³/mol. The SMILES string of the molecule is CC(=O)O[C@@H]1CC[C@]2(C)C3=CC[C@]4(C)[C@@H]([C@H](C)CC/C=C(\C)C(=O)O)C[C@H](O)[C@@]4(C)C3=CC[C@H]2C1(C)C. The zero-order chi connectivity index (χ0) is 27.6. The Kier molecular flexibility index (Phi) is 7.14. The fourth-order valence-electron chi connectivity index (χ4n) is 9.19. The lowest BCUT2D eigenvalue weighted by Gasteiger charge is -2.61. The molecule has 0 radical (unpaired) electrons. The van der Waals surface area contributed by atoms with E-state index in [4.69, 9.17) is 4.74 Å². The Bertz CT molecular complexity index is 1050. The number of carboxylic acids is 1. The standard InChI is InChI=1S/C32H48O5/c1-19(10-9-11-20(2)28(35)36)24-18-26(34)32(8)23-12-13-25-29(4,5)27(37-21(3)33)15-16-30(25,6)22(23)14-17-31(24,32)7/h11-12,14,19,24-27,34H,9-10,13,15-18H2,1-8H3,(H,35,36)/b20-11+/t19-,24-,25+,26+,27-,30-,31-,32-/m1/s1. The van der Waals surface area contributed by atoms with Gasteiger partial charge < -0.3 is 14.9 Å². The van der Waals surface area contributed by atoms with Gasteiger partial charge in [-0.2, -0.15) is 0 Å². The first-order chi connectivity index (χ1) is 17.1. The molecular formula is C32H48O5. The predicted octanol–water partition coefficient (Wildman–Crippen LogP) is 6.86. The minimum Gasteiger partial charge on any atom is -0.478 e. The lowest BCUT2D eigenvalue weighted by atomic mass is 9.44. The van der Waals surface area contributed by atoms with Crippen molar-refractivity contribution < 1.29 is 24.5 Å². The normalized spacial score (nSPS) is 41.5. The lowest BCUT2D eigenvalue weighted by Crippen LogP contribution is -2.56. The monoisotopic (exact) mass is 512 g/mol. The summed E-state index contributed by atoms with van der Waals surface area (Å²) in [6, 6.07) is 0. The van der Waals surface area contributed by atoms with Gasteiger partial charge in [0.05, 0.1) is 6.10 Å². The molecule has 0 aromatic rings. The highest BCUT2D eigenvalue weighted by Crippen LogP contribution is 2.71. The molecule has 4 aliphatic rings. The minimum absolute atomic E-state index is 0.00283. The van der Waals surface area contributed by atoms with E-state index in [9.17, 15) is 19.8 Å². The molecular weight excluding hydrogens is 464 g/mol. The number of hydrogen-bond donors (Lipinski definition) is 2. The van der Waals surface area contributed by atoms with Crippen LogP contribution in [0, 0.1) is 39.4 Å². The summed E-state index contributed by atoms with van der Waals surface area (Å²) in [7, 11) is 0. The van der Waals surface area contributed by atoms with Crippen LogP contribution < -0.4 is 0 Å². The number of aliphatic hydroxyl groups excluding tert-OH is 1. The van der Waals surface area contributed by atoms with Gasteiger partial charge in [-0.05, 0) is 91.6 Å². The summed E-state index contributed by atoms with van der Waals surface area (Å²) in [6.07, 6.45) is 12.5.